The van der Waals surface area contributed by atoms with Crippen molar-refractivity contribution >= 4 is 17.6 Å². The van der Waals surface area contributed by atoms with Crippen molar-refractivity contribution in [3.63, 3.8) is 0 Å². The Kier molecular flexibility index (Phi) is 6.72. The number of benzene rings is 2. The number of amides is 1. The van der Waals surface area contributed by atoms with Crippen LogP contribution in [-0.2, 0) is 27.3 Å². The number of nitrogens with one attached hydrogen (secondary N) is 1. The predicted octanol–water partition coefficient (Wildman–Crippen LogP) is 2.70. The van der Waals surface area contributed by atoms with Gasteiger partial charge in [0.05, 0.1) is 14.2 Å². The fourth-order valence-corrected chi connectivity index (χ4v) is 3.56. The largest absolute Gasteiger partial charge is 0.508 e. The zero-order chi connectivity index (χ0) is 20.8. The highest BCUT2D eigenvalue weighted by Crippen LogP contribution is 2.30. The monoisotopic (exact) mass is 398 g/mol. The van der Waals surface area contributed by atoms with Crippen LogP contribution in [0.1, 0.15) is 29.5 Å². The summed E-state index contributed by atoms with van der Waals surface area (Å²) in [6.45, 7) is 3.05. The van der Waals surface area contributed by atoms with Crippen LogP contribution in [0, 0.1) is 0 Å². The SMILES string of the molecule is COC(=O)C(=O)Nc1cccc(O)c1Cc1ccc(CN2CCCC2)c(OC)c1. The van der Waals surface area contributed by atoms with Crippen LogP contribution < -0.4 is 10.1 Å². The Morgan fingerprint density at radius 2 is 1.90 bits per heavy atom. The Bertz CT molecular complexity index is 891. The lowest BCUT2D eigenvalue weighted by molar-refractivity contribution is -0.150. The second kappa shape index (κ2) is 9.43. The number of nitrogens with zero attached hydrogens (tertiary/aromatic N) is 1. The van der Waals surface area contributed by atoms with E-state index in [4.69, 9.17) is 4.74 Å². The lowest BCUT2D eigenvalue weighted by Crippen LogP contribution is -2.24. The van der Waals surface area contributed by atoms with Gasteiger partial charge in [0.2, 0.25) is 0 Å². The van der Waals surface area contributed by atoms with Crippen molar-refractivity contribution in [1.82, 2.24) is 4.90 Å². The van der Waals surface area contributed by atoms with Gasteiger partial charge in [-0.25, -0.2) is 4.79 Å². The van der Waals surface area contributed by atoms with Gasteiger partial charge in [0.1, 0.15) is 11.5 Å². The molecule has 2 aromatic carbocycles. The standard InChI is InChI=1S/C22H26N2O5/c1-28-20-13-15(8-9-16(20)14-24-10-3-4-11-24)12-17-18(6-5-7-19(17)25)23-21(26)22(27)29-2/h5-9,13,25H,3-4,10-12,14H2,1-2H3,(H,23,26). The van der Waals surface area contributed by atoms with Crippen molar-refractivity contribution in [2.45, 2.75) is 25.8 Å². The van der Waals surface area contributed by atoms with E-state index in [-0.39, 0.29) is 5.75 Å². The van der Waals surface area contributed by atoms with Crippen molar-refractivity contribution in [2.24, 2.45) is 0 Å². The maximum absolute atomic E-state index is 11.9. The zero-order valence-electron chi connectivity index (χ0n) is 16.7. The van der Waals surface area contributed by atoms with Crippen LogP contribution in [0.25, 0.3) is 0 Å². The van der Waals surface area contributed by atoms with E-state index in [1.807, 2.05) is 18.2 Å². The first-order chi connectivity index (χ1) is 14.0. The van der Waals surface area contributed by atoms with Crippen LogP contribution in [0.5, 0.6) is 11.5 Å². The number of phenols is 1. The van der Waals surface area contributed by atoms with Gasteiger partial charge in [-0.15, -0.1) is 0 Å². The van der Waals surface area contributed by atoms with E-state index in [9.17, 15) is 14.7 Å². The number of anilines is 1. The Morgan fingerprint density at radius 1 is 1.14 bits per heavy atom. The number of methoxy groups -OCH3 is 2. The van der Waals surface area contributed by atoms with Crippen molar-refractivity contribution in [3.05, 3.63) is 53.1 Å². The minimum absolute atomic E-state index is 0.0350. The molecule has 154 valence electrons. The number of likely N-dealkylation sites (tertiary alicyclic amines) is 1. The third kappa shape index (κ3) is 5.06. The molecular weight excluding hydrogens is 372 g/mol. The quantitative estimate of drug-likeness (QED) is 0.575. The van der Waals surface area contributed by atoms with Gasteiger partial charge < -0.3 is 19.9 Å². The molecule has 1 amide bonds. The molecule has 0 bridgehead atoms. The Labute approximate surface area is 170 Å². The molecule has 0 aliphatic carbocycles. The molecule has 7 nitrogen and oxygen atoms in total. The highest BCUT2D eigenvalue weighted by molar-refractivity contribution is 6.37. The van der Waals surface area contributed by atoms with E-state index in [1.54, 1.807) is 25.3 Å². The number of hydrogen-bond acceptors (Lipinski definition) is 6. The first-order valence-electron chi connectivity index (χ1n) is 9.60. The lowest BCUT2D eigenvalue weighted by Gasteiger charge is -2.18. The summed E-state index contributed by atoms with van der Waals surface area (Å²) in [5.74, 6) is -1.05. The van der Waals surface area contributed by atoms with Crippen molar-refractivity contribution in [3.8, 4) is 11.5 Å². The molecule has 0 saturated carbocycles. The van der Waals surface area contributed by atoms with Crippen LogP contribution in [-0.4, -0.2) is 49.2 Å². The number of ether oxygens (including phenoxy) is 2. The minimum Gasteiger partial charge on any atom is -0.508 e. The summed E-state index contributed by atoms with van der Waals surface area (Å²) in [5.41, 5.74) is 2.91. The predicted molar refractivity (Wildman–Crippen MR) is 109 cm³/mol. The molecule has 7 heteroatoms. The molecular formula is C22H26N2O5. The molecule has 2 aromatic rings. The third-order valence-corrected chi connectivity index (χ3v) is 5.10. The van der Waals surface area contributed by atoms with Crippen LogP contribution in [0.2, 0.25) is 0 Å². The van der Waals surface area contributed by atoms with Gasteiger partial charge in [-0.05, 0) is 49.7 Å². The Hall–Kier alpha value is -3.06. The van der Waals surface area contributed by atoms with E-state index >= 15 is 0 Å². The molecule has 0 unspecified atom stereocenters. The fraction of sp³-hybridized carbons (Fsp3) is 0.364. The first kappa shape index (κ1) is 20.7. The summed E-state index contributed by atoms with van der Waals surface area (Å²) in [5, 5.41) is 12.8. The average molecular weight is 398 g/mol. The van der Waals surface area contributed by atoms with Gasteiger partial charge in [-0.2, -0.15) is 0 Å². The summed E-state index contributed by atoms with van der Waals surface area (Å²) in [6.07, 6.45) is 2.82. The summed E-state index contributed by atoms with van der Waals surface area (Å²) < 4.78 is 10.0. The molecule has 3 rings (SSSR count). The van der Waals surface area contributed by atoms with Gasteiger partial charge in [0, 0.05) is 29.8 Å². The number of rotatable bonds is 6. The van der Waals surface area contributed by atoms with Gasteiger partial charge in [0.15, 0.2) is 0 Å². The van der Waals surface area contributed by atoms with Crippen LogP contribution in [0.15, 0.2) is 36.4 Å². The topological polar surface area (TPSA) is 88.1 Å². The molecule has 1 aliphatic rings. The van der Waals surface area contributed by atoms with Crippen LogP contribution in [0.3, 0.4) is 0 Å². The van der Waals surface area contributed by atoms with E-state index in [0.717, 1.165) is 43.6 Å². The molecule has 0 atom stereocenters. The van der Waals surface area contributed by atoms with Crippen LogP contribution in [0.4, 0.5) is 5.69 Å². The van der Waals surface area contributed by atoms with Crippen molar-refractivity contribution in [1.29, 1.82) is 0 Å². The van der Waals surface area contributed by atoms with E-state index < -0.39 is 11.9 Å². The Morgan fingerprint density at radius 3 is 2.59 bits per heavy atom. The normalized spacial score (nSPS) is 13.9. The maximum Gasteiger partial charge on any atom is 0.396 e. The second-order valence-corrected chi connectivity index (χ2v) is 7.06. The highest BCUT2D eigenvalue weighted by Gasteiger charge is 2.18. The number of hydrogen-bond donors (Lipinski definition) is 2. The first-order valence-corrected chi connectivity index (χ1v) is 9.60. The smallest absolute Gasteiger partial charge is 0.396 e. The number of aromatic hydroxyl groups is 1. The van der Waals surface area contributed by atoms with E-state index in [0.29, 0.717) is 17.7 Å². The van der Waals surface area contributed by atoms with Gasteiger partial charge in [-0.1, -0.05) is 18.2 Å². The Balaban J connectivity index is 1.82. The average Bonchev–Trinajstić information content (AvgIpc) is 3.24. The molecule has 0 radical (unpaired) electrons. The molecule has 1 heterocycles. The summed E-state index contributed by atoms with van der Waals surface area (Å²) in [7, 11) is 2.79. The van der Waals surface area contributed by atoms with Gasteiger partial charge in [0.25, 0.3) is 0 Å². The minimum atomic E-state index is -0.993. The highest BCUT2D eigenvalue weighted by atomic mass is 16.5. The number of carbonyl (C=O) groups excluding carboxylic acids is 2. The molecule has 0 spiro atoms. The molecule has 1 aliphatic heterocycles. The maximum atomic E-state index is 11.9. The van der Waals surface area contributed by atoms with Gasteiger partial charge >= 0.3 is 11.9 Å². The van der Waals surface area contributed by atoms with Gasteiger partial charge in [-0.3, -0.25) is 9.69 Å². The molecule has 1 fully saturated rings. The van der Waals surface area contributed by atoms with Crippen molar-refractivity contribution in [2.75, 3.05) is 32.6 Å². The number of carbonyl (C=O) groups is 2. The lowest BCUT2D eigenvalue weighted by atomic mass is 10.00. The van der Waals surface area contributed by atoms with E-state index in [1.165, 1.54) is 12.8 Å². The fourth-order valence-electron chi connectivity index (χ4n) is 3.56. The van der Waals surface area contributed by atoms with Crippen LogP contribution >= 0.6 is 0 Å². The summed E-state index contributed by atoms with van der Waals surface area (Å²) >= 11 is 0. The summed E-state index contributed by atoms with van der Waals surface area (Å²) in [6, 6.07) is 10.8. The molecule has 2 N–H and O–H groups in total. The van der Waals surface area contributed by atoms with Crippen molar-refractivity contribution < 1.29 is 24.2 Å². The molecule has 29 heavy (non-hydrogen) atoms. The molecule has 1 saturated heterocycles. The number of phenolic OH excluding ortho intramolecular Hbond substituents is 1. The third-order valence-electron chi connectivity index (χ3n) is 5.10. The summed E-state index contributed by atoms with van der Waals surface area (Å²) in [4.78, 5) is 25.7. The van der Waals surface area contributed by atoms with E-state index in [2.05, 4.69) is 15.0 Å². The zero-order valence-corrected chi connectivity index (χ0v) is 16.7. The second-order valence-electron chi connectivity index (χ2n) is 7.06. The molecule has 0 aromatic heterocycles. The number of esters is 1.